The molecule has 0 aliphatic rings. The summed E-state index contributed by atoms with van der Waals surface area (Å²) in [4.78, 5) is 14.0. The van der Waals surface area contributed by atoms with Crippen molar-refractivity contribution in [1.82, 2.24) is 4.90 Å². The first kappa shape index (κ1) is 15.4. The lowest BCUT2D eigenvalue weighted by Crippen LogP contribution is -2.25. The van der Waals surface area contributed by atoms with E-state index in [9.17, 15) is 4.79 Å². The molecule has 0 heterocycles. The minimum atomic E-state index is -0.295. The van der Waals surface area contributed by atoms with Gasteiger partial charge in [0.25, 0.3) is 0 Å². The predicted molar refractivity (Wildman–Crippen MR) is 77.8 cm³/mol. The van der Waals surface area contributed by atoms with Crippen molar-refractivity contribution in [3.05, 3.63) is 48.0 Å². The molecule has 0 fully saturated rings. The SMILES string of the molecule is C=C(CCN(CC)CC)C(=O)OCc1ccccc1. The summed E-state index contributed by atoms with van der Waals surface area (Å²) in [5.74, 6) is -0.295. The smallest absolute Gasteiger partial charge is 0.333 e. The molecule has 0 spiro atoms. The zero-order valence-corrected chi connectivity index (χ0v) is 11.9. The second kappa shape index (κ2) is 8.48. The largest absolute Gasteiger partial charge is 0.457 e. The number of carbonyl (C=O) groups is 1. The van der Waals surface area contributed by atoms with E-state index in [0.29, 0.717) is 18.6 Å². The summed E-state index contributed by atoms with van der Waals surface area (Å²) in [6.07, 6.45) is 0.662. The van der Waals surface area contributed by atoms with Crippen LogP contribution in [0.5, 0.6) is 0 Å². The van der Waals surface area contributed by atoms with Crippen LogP contribution in [-0.4, -0.2) is 30.5 Å². The normalized spacial score (nSPS) is 10.5. The Morgan fingerprint density at radius 2 is 1.84 bits per heavy atom. The standard InChI is InChI=1S/C16H23NO2/c1-4-17(5-2)12-11-14(3)16(18)19-13-15-9-7-6-8-10-15/h6-10H,3-5,11-13H2,1-2H3. The molecule has 3 heteroatoms. The highest BCUT2D eigenvalue weighted by molar-refractivity contribution is 5.87. The summed E-state index contributed by atoms with van der Waals surface area (Å²) >= 11 is 0. The molecule has 3 nitrogen and oxygen atoms in total. The topological polar surface area (TPSA) is 29.5 Å². The second-order valence-electron chi connectivity index (χ2n) is 4.44. The van der Waals surface area contributed by atoms with Crippen molar-refractivity contribution in [2.45, 2.75) is 26.9 Å². The molecule has 1 aromatic carbocycles. The van der Waals surface area contributed by atoms with Gasteiger partial charge in [0, 0.05) is 12.1 Å². The van der Waals surface area contributed by atoms with Crippen LogP contribution >= 0.6 is 0 Å². The second-order valence-corrected chi connectivity index (χ2v) is 4.44. The average Bonchev–Trinajstić information content (AvgIpc) is 2.46. The first-order valence-corrected chi connectivity index (χ1v) is 6.78. The van der Waals surface area contributed by atoms with Crippen molar-refractivity contribution < 1.29 is 9.53 Å². The van der Waals surface area contributed by atoms with Gasteiger partial charge in [0.05, 0.1) is 0 Å². The lowest BCUT2D eigenvalue weighted by molar-refractivity contribution is -0.140. The average molecular weight is 261 g/mol. The van der Waals surface area contributed by atoms with E-state index in [-0.39, 0.29) is 5.97 Å². The number of nitrogens with zero attached hydrogens (tertiary/aromatic N) is 1. The fourth-order valence-electron chi connectivity index (χ4n) is 1.76. The van der Waals surface area contributed by atoms with Gasteiger partial charge in [-0.3, -0.25) is 0 Å². The van der Waals surface area contributed by atoms with Gasteiger partial charge in [-0.05, 0) is 25.1 Å². The maximum absolute atomic E-state index is 11.8. The van der Waals surface area contributed by atoms with Crippen LogP contribution in [0, 0.1) is 0 Å². The van der Waals surface area contributed by atoms with Crippen LogP contribution in [0.25, 0.3) is 0 Å². The van der Waals surface area contributed by atoms with Gasteiger partial charge in [-0.1, -0.05) is 50.8 Å². The highest BCUT2D eigenvalue weighted by Crippen LogP contribution is 2.07. The Hall–Kier alpha value is -1.61. The van der Waals surface area contributed by atoms with E-state index in [1.165, 1.54) is 0 Å². The molecule has 0 saturated carbocycles. The van der Waals surface area contributed by atoms with Crippen LogP contribution in [0.1, 0.15) is 25.8 Å². The molecule has 0 amide bonds. The maximum atomic E-state index is 11.8. The molecule has 0 unspecified atom stereocenters. The number of carbonyl (C=O) groups excluding carboxylic acids is 1. The summed E-state index contributed by atoms with van der Waals surface area (Å²) in [7, 11) is 0. The molecule has 1 aromatic rings. The predicted octanol–water partition coefficient (Wildman–Crippen LogP) is 3.02. The third-order valence-electron chi connectivity index (χ3n) is 3.13. The van der Waals surface area contributed by atoms with E-state index in [1.54, 1.807) is 0 Å². The molecule has 0 aliphatic heterocycles. The van der Waals surface area contributed by atoms with E-state index in [4.69, 9.17) is 4.74 Å². The van der Waals surface area contributed by atoms with Gasteiger partial charge in [-0.15, -0.1) is 0 Å². The minimum absolute atomic E-state index is 0.295. The molecule has 0 aromatic heterocycles. The number of rotatable bonds is 8. The van der Waals surface area contributed by atoms with Crippen LogP contribution in [0.3, 0.4) is 0 Å². The fraction of sp³-hybridized carbons (Fsp3) is 0.438. The van der Waals surface area contributed by atoms with Gasteiger partial charge in [0.15, 0.2) is 0 Å². The summed E-state index contributed by atoms with van der Waals surface area (Å²) in [5.41, 5.74) is 1.54. The van der Waals surface area contributed by atoms with E-state index in [0.717, 1.165) is 25.2 Å². The van der Waals surface area contributed by atoms with Crippen molar-refractivity contribution in [3.8, 4) is 0 Å². The summed E-state index contributed by atoms with van der Waals surface area (Å²) in [6.45, 7) is 11.2. The summed E-state index contributed by atoms with van der Waals surface area (Å²) < 4.78 is 5.23. The number of esters is 1. The molecule has 0 N–H and O–H groups in total. The van der Waals surface area contributed by atoms with E-state index >= 15 is 0 Å². The van der Waals surface area contributed by atoms with Gasteiger partial charge in [-0.25, -0.2) is 4.79 Å². The number of ether oxygens (including phenoxy) is 1. The number of hydrogen-bond donors (Lipinski definition) is 0. The third kappa shape index (κ3) is 5.71. The van der Waals surface area contributed by atoms with Crippen molar-refractivity contribution in [2.24, 2.45) is 0 Å². The van der Waals surface area contributed by atoms with Crippen molar-refractivity contribution in [1.29, 1.82) is 0 Å². The molecule has 0 aliphatic carbocycles. The Balaban J connectivity index is 2.31. The molecule has 19 heavy (non-hydrogen) atoms. The molecule has 1 rings (SSSR count). The van der Waals surface area contributed by atoms with Crippen LogP contribution in [-0.2, 0) is 16.1 Å². The Morgan fingerprint density at radius 3 is 2.42 bits per heavy atom. The zero-order valence-electron chi connectivity index (χ0n) is 11.9. The zero-order chi connectivity index (χ0) is 14.1. The minimum Gasteiger partial charge on any atom is -0.457 e. The molecular weight excluding hydrogens is 238 g/mol. The van der Waals surface area contributed by atoms with Crippen LogP contribution in [0.2, 0.25) is 0 Å². The highest BCUT2D eigenvalue weighted by atomic mass is 16.5. The van der Waals surface area contributed by atoms with E-state index in [1.807, 2.05) is 30.3 Å². The van der Waals surface area contributed by atoms with Crippen molar-refractivity contribution >= 4 is 5.97 Å². The van der Waals surface area contributed by atoms with Gasteiger partial charge in [0.1, 0.15) is 6.61 Å². The molecule has 0 saturated heterocycles. The molecule has 0 radical (unpaired) electrons. The Bertz CT molecular complexity index is 396. The van der Waals surface area contributed by atoms with Crippen LogP contribution in [0.15, 0.2) is 42.5 Å². The molecule has 0 bridgehead atoms. The van der Waals surface area contributed by atoms with Gasteiger partial charge in [0.2, 0.25) is 0 Å². The van der Waals surface area contributed by atoms with Gasteiger partial charge >= 0.3 is 5.97 Å². The quantitative estimate of drug-likeness (QED) is 0.532. The number of benzene rings is 1. The monoisotopic (exact) mass is 261 g/mol. The summed E-state index contributed by atoms with van der Waals surface area (Å²) in [6, 6.07) is 9.67. The lowest BCUT2D eigenvalue weighted by atomic mass is 10.2. The maximum Gasteiger partial charge on any atom is 0.333 e. The molecular formula is C16H23NO2. The van der Waals surface area contributed by atoms with Crippen molar-refractivity contribution in [3.63, 3.8) is 0 Å². The van der Waals surface area contributed by atoms with Crippen LogP contribution < -0.4 is 0 Å². The van der Waals surface area contributed by atoms with Crippen molar-refractivity contribution in [2.75, 3.05) is 19.6 Å². The summed E-state index contributed by atoms with van der Waals surface area (Å²) in [5, 5.41) is 0. The third-order valence-corrected chi connectivity index (χ3v) is 3.13. The number of hydrogen-bond acceptors (Lipinski definition) is 3. The first-order valence-electron chi connectivity index (χ1n) is 6.78. The Morgan fingerprint density at radius 1 is 1.21 bits per heavy atom. The Kier molecular flexibility index (Phi) is 6.90. The van der Waals surface area contributed by atoms with Gasteiger partial charge in [-0.2, -0.15) is 0 Å². The lowest BCUT2D eigenvalue weighted by Gasteiger charge is -2.18. The molecule has 0 atom stereocenters. The van der Waals surface area contributed by atoms with Gasteiger partial charge < -0.3 is 9.64 Å². The molecule has 104 valence electrons. The fourth-order valence-corrected chi connectivity index (χ4v) is 1.76. The van der Waals surface area contributed by atoms with Crippen LogP contribution in [0.4, 0.5) is 0 Å². The first-order chi connectivity index (χ1) is 9.17. The van der Waals surface area contributed by atoms with E-state index in [2.05, 4.69) is 25.3 Å². The highest BCUT2D eigenvalue weighted by Gasteiger charge is 2.10. The Labute approximate surface area is 115 Å². The van der Waals surface area contributed by atoms with E-state index < -0.39 is 0 Å².